The van der Waals surface area contributed by atoms with Crippen LogP contribution in [0.15, 0.2) is 30.5 Å². The van der Waals surface area contributed by atoms with Gasteiger partial charge >= 0.3 is 0 Å². The highest BCUT2D eigenvalue weighted by atomic mass is 35.5. The molecule has 0 spiro atoms. The maximum atomic E-state index is 12.6. The maximum absolute atomic E-state index is 12.6. The average Bonchev–Trinajstić information content (AvgIpc) is 2.70. The van der Waals surface area contributed by atoms with Crippen LogP contribution in [0.3, 0.4) is 0 Å². The van der Waals surface area contributed by atoms with Crippen LogP contribution in [0.2, 0.25) is 10.2 Å². The van der Waals surface area contributed by atoms with E-state index in [1.165, 1.54) is 13.3 Å². The summed E-state index contributed by atoms with van der Waals surface area (Å²) >= 11 is 12.0. The van der Waals surface area contributed by atoms with Gasteiger partial charge in [0.15, 0.2) is 0 Å². The molecule has 21 heavy (non-hydrogen) atoms. The third-order valence-electron chi connectivity index (χ3n) is 3.82. The van der Waals surface area contributed by atoms with E-state index < -0.39 is 5.41 Å². The van der Waals surface area contributed by atoms with Gasteiger partial charge in [0.1, 0.15) is 16.3 Å². The second kappa shape index (κ2) is 4.90. The fourth-order valence-corrected chi connectivity index (χ4v) is 2.99. The van der Waals surface area contributed by atoms with E-state index in [9.17, 15) is 4.79 Å². The Balaban J connectivity index is 2.27. The van der Waals surface area contributed by atoms with Crippen molar-refractivity contribution in [2.75, 3.05) is 12.4 Å². The van der Waals surface area contributed by atoms with Crippen molar-refractivity contribution in [3.8, 4) is 5.75 Å². The van der Waals surface area contributed by atoms with Crippen LogP contribution in [0.5, 0.6) is 5.75 Å². The van der Waals surface area contributed by atoms with Crippen LogP contribution in [-0.4, -0.2) is 18.0 Å². The molecule has 0 radical (unpaired) electrons. The molecule has 0 saturated heterocycles. The number of carbonyl (C=O) groups excluding carboxylic acids is 1. The van der Waals surface area contributed by atoms with E-state index in [1.54, 1.807) is 18.2 Å². The monoisotopic (exact) mass is 322 g/mol. The van der Waals surface area contributed by atoms with Gasteiger partial charge in [0, 0.05) is 16.3 Å². The Labute approximate surface area is 132 Å². The lowest BCUT2D eigenvalue weighted by atomic mass is 9.77. The van der Waals surface area contributed by atoms with E-state index in [2.05, 4.69) is 10.3 Å². The predicted molar refractivity (Wildman–Crippen MR) is 82.3 cm³/mol. The number of amides is 1. The average molecular weight is 323 g/mol. The summed E-state index contributed by atoms with van der Waals surface area (Å²) in [5.41, 5.74) is 1.30. The van der Waals surface area contributed by atoms with E-state index in [1.807, 2.05) is 13.0 Å². The van der Waals surface area contributed by atoms with Crippen molar-refractivity contribution < 1.29 is 9.53 Å². The lowest BCUT2D eigenvalue weighted by Crippen LogP contribution is -2.32. The van der Waals surface area contributed by atoms with Gasteiger partial charge < -0.3 is 10.1 Å². The first-order valence-electron chi connectivity index (χ1n) is 6.28. The number of carbonyl (C=O) groups is 1. The Morgan fingerprint density at radius 1 is 1.24 bits per heavy atom. The molecule has 1 aromatic heterocycles. The Morgan fingerprint density at radius 3 is 2.71 bits per heavy atom. The van der Waals surface area contributed by atoms with Crippen molar-refractivity contribution >= 4 is 34.8 Å². The molecule has 1 aliphatic heterocycles. The second-order valence-corrected chi connectivity index (χ2v) is 5.80. The molecule has 0 saturated carbocycles. The number of fused-ring (bicyclic) bond motifs is 1. The molecule has 0 aliphatic carbocycles. The van der Waals surface area contributed by atoms with Gasteiger partial charge in [-0.25, -0.2) is 4.98 Å². The van der Waals surface area contributed by atoms with Crippen molar-refractivity contribution in [2.45, 2.75) is 12.3 Å². The van der Waals surface area contributed by atoms with Crippen LogP contribution in [0.25, 0.3) is 0 Å². The van der Waals surface area contributed by atoms with Gasteiger partial charge in [-0.05, 0) is 30.7 Å². The number of pyridine rings is 1. The topological polar surface area (TPSA) is 51.2 Å². The van der Waals surface area contributed by atoms with Gasteiger partial charge in [-0.1, -0.05) is 29.3 Å². The number of methoxy groups -OCH3 is 1. The quantitative estimate of drug-likeness (QED) is 0.858. The van der Waals surface area contributed by atoms with Gasteiger partial charge in [-0.2, -0.15) is 0 Å². The largest absolute Gasteiger partial charge is 0.495 e. The molecule has 0 unspecified atom stereocenters. The van der Waals surface area contributed by atoms with Gasteiger partial charge in [0.05, 0.1) is 13.3 Å². The number of nitrogens with zero attached hydrogens (tertiary/aromatic N) is 1. The predicted octanol–water partition coefficient (Wildman–Crippen LogP) is 3.66. The Bertz CT molecular complexity index is 748. The van der Waals surface area contributed by atoms with E-state index in [-0.39, 0.29) is 5.91 Å². The second-order valence-electron chi connectivity index (χ2n) is 4.98. The molecule has 1 aromatic carbocycles. The van der Waals surface area contributed by atoms with E-state index in [0.717, 1.165) is 5.56 Å². The molecule has 6 heteroatoms. The molecule has 108 valence electrons. The number of anilines is 1. The van der Waals surface area contributed by atoms with Crippen LogP contribution < -0.4 is 10.1 Å². The molecule has 0 fully saturated rings. The zero-order chi connectivity index (χ0) is 15.2. The first-order valence-corrected chi connectivity index (χ1v) is 7.04. The van der Waals surface area contributed by atoms with Crippen molar-refractivity contribution in [3.05, 3.63) is 51.8 Å². The van der Waals surface area contributed by atoms with Crippen LogP contribution in [0, 0.1) is 0 Å². The third kappa shape index (κ3) is 2.06. The van der Waals surface area contributed by atoms with Crippen LogP contribution in [0.1, 0.15) is 18.1 Å². The molecule has 1 atom stereocenters. The maximum Gasteiger partial charge on any atom is 0.239 e. The first kappa shape index (κ1) is 14.2. The summed E-state index contributed by atoms with van der Waals surface area (Å²) in [6.07, 6.45) is 1.52. The molecule has 1 N–H and O–H groups in total. The summed E-state index contributed by atoms with van der Waals surface area (Å²) in [5, 5.41) is 3.73. The van der Waals surface area contributed by atoms with Crippen LogP contribution in [0.4, 0.5) is 5.69 Å². The Morgan fingerprint density at radius 2 is 2.00 bits per heavy atom. The molecule has 2 heterocycles. The third-order valence-corrected chi connectivity index (χ3v) is 4.26. The van der Waals surface area contributed by atoms with Crippen molar-refractivity contribution in [3.63, 3.8) is 0 Å². The molecular weight excluding hydrogens is 311 g/mol. The summed E-state index contributed by atoms with van der Waals surface area (Å²) in [4.78, 5) is 16.6. The van der Waals surface area contributed by atoms with Crippen molar-refractivity contribution in [1.29, 1.82) is 0 Å². The molecule has 0 bridgehead atoms. The lowest BCUT2D eigenvalue weighted by Gasteiger charge is -2.25. The Kier molecular flexibility index (Phi) is 3.30. The number of benzene rings is 1. The number of rotatable bonds is 2. The van der Waals surface area contributed by atoms with Gasteiger partial charge in [0.2, 0.25) is 5.91 Å². The molecule has 4 nitrogen and oxygen atoms in total. The van der Waals surface area contributed by atoms with Crippen LogP contribution >= 0.6 is 23.2 Å². The fourth-order valence-electron chi connectivity index (χ4n) is 2.66. The SMILES string of the molecule is COc1cnc(Cl)cc1[C@@]1(C)C(=O)Nc2cc(Cl)ccc21. The summed E-state index contributed by atoms with van der Waals surface area (Å²) < 4.78 is 5.34. The molecule has 1 aliphatic rings. The highest BCUT2D eigenvalue weighted by Gasteiger charge is 2.46. The highest BCUT2D eigenvalue weighted by Crippen LogP contribution is 2.46. The number of hydrogen-bond donors (Lipinski definition) is 1. The minimum atomic E-state index is -0.905. The highest BCUT2D eigenvalue weighted by molar-refractivity contribution is 6.31. The fraction of sp³-hybridized carbons (Fsp3) is 0.200. The smallest absolute Gasteiger partial charge is 0.239 e. The van der Waals surface area contributed by atoms with E-state index in [0.29, 0.717) is 27.2 Å². The number of hydrogen-bond acceptors (Lipinski definition) is 3. The van der Waals surface area contributed by atoms with E-state index in [4.69, 9.17) is 27.9 Å². The molecule has 3 rings (SSSR count). The number of ether oxygens (including phenoxy) is 1. The number of nitrogens with one attached hydrogen (secondary N) is 1. The van der Waals surface area contributed by atoms with Crippen LogP contribution in [-0.2, 0) is 10.2 Å². The summed E-state index contributed by atoms with van der Waals surface area (Å²) in [7, 11) is 1.54. The number of halogens is 2. The van der Waals surface area contributed by atoms with Gasteiger partial charge in [-0.3, -0.25) is 4.79 Å². The first-order chi connectivity index (χ1) is 9.96. The molecular formula is C15H12Cl2N2O2. The standard InChI is InChI=1S/C15H12Cl2N2O2/c1-15(10-6-13(17)18-7-12(10)21-2)9-4-3-8(16)5-11(9)19-14(15)20/h3-7H,1-2H3,(H,19,20)/t15-/m0/s1. The van der Waals surface area contributed by atoms with Crippen molar-refractivity contribution in [2.24, 2.45) is 0 Å². The zero-order valence-electron chi connectivity index (χ0n) is 11.4. The molecule has 2 aromatic rings. The minimum Gasteiger partial charge on any atom is -0.495 e. The lowest BCUT2D eigenvalue weighted by molar-refractivity contribution is -0.119. The minimum absolute atomic E-state index is 0.152. The normalized spacial score (nSPS) is 20.1. The van der Waals surface area contributed by atoms with Crippen molar-refractivity contribution in [1.82, 2.24) is 4.98 Å². The van der Waals surface area contributed by atoms with Gasteiger partial charge in [-0.15, -0.1) is 0 Å². The Hall–Kier alpha value is -1.78. The molecule has 1 amide bonds. The van der Waals surface area contributed by atoms with E-state index >= 15 is 0 Å². The summed E-state index contributed by atoms with van der Waals surface area (Å²) in [6, 6.07) is 6.98. The zero-order valence-corrected chi connectivity index (χ0v) is 12.9. The van der Waals surface area contributed by atoms with Gasteiger partial charge in [0.25, 0.3) is 0 Å². The summed E-state index contributed by atoms with van der Waals surface area (Å²) in [5.74, 6) is 0.361. The number of aromatic nitrogens is 1. The summed E-state index contributed by atoms with van der Waals surface area (Å²) in [6.45, 7) is 1.83.